The van der Waals surface area contributed by atoms with Crippen molar-refractivity contribution in [1.82, 2.24) is 9.97 Å². The van der Waals surface area contributed by atoms with Crippen LogP contribution in [0.1, 0.15) is 33.4 Å². The van der Waals surface area contributed by atoms with Gasteiger partial charge in [-0.1, -0.05) is 121 Å². The van der Waals surface area contributed by atoms with E-state index >= 15 is 0 Å². The van der Waals surface area contributed by atoms with Crippen molar-refractivity contribution in [2.75, 3.05) is 28.6 Å². The van der Waals surface area contributed by atoms with Crippen LogP contribution in [-0.2, 0) is 5.41 Å². The average Bonchev–Trinajstić information content (AvgIpc) is 1.65. The highest BCUT2D eigenvalue weighted by atomic mass is 32.3. The maximum absolute atomic E-state index is 7.36. The quantitative estimate of drug-likeness (QED) is 0.126. The van der Waals surface area contributed by atoms with Gasteiger partial charge in [-0.25, -0.2) is 20.0 Å². The van der Waals surface area contributed by atoms with Crippen molar-refractivity contribution in [1.29, 1.82) is 0 Å². The fourth-order valence-corrected chi connectivity index (χ4v) is 15.1. The third-order valence-electron chi connectivity index (χ3n) is 16.9. The van der Waals surface area contributed by atoms with Gasteiger partial charge in [0.2, 0.25) is 11.4 Å². The first-order chi connectivity index (χ1) is 39.7. The topological polar surface area (TPSA) is 71.7 Å². The van der Waals surface area contributed by atoms with E-state index < -0.39 is 23.5 Å². The number of furan rings is 3. The van der Waals surface area contributed by atoms with Gasteiger partial charge >= 0.3 is 0 Å². The van der Waals surface area contributed by atoms with Gasteiger partial charge in [-0.05, 0) is 180 Å². The third kappa shape index (κ3) is 7.77. The molecule has 15 rings (SSSR count). The molecule has 0 saturated carbocycles. The number of benzene rings is 9. The lowest BCUT2D eigenvalue weighted by molar-refractivity contribution is 0.653. The Kier molecular flexibility index (Phi) is 11.2. The van der Waals surface area contributed by atoms with Gasteiger partial charge in [0, 0.05) is 79.6 Å². The van der Waals surface area contributed by atoms with E-state index in [4.69, 9.17) is 13.3 Å². The number of pyridine rings is 2. The lowest BCUT2D eigenvalue weighted by Gasteiger charge is -2.36. The van der Waals surface area contributed by atoms with Crippen molar-refractivity contribution in [2.24, 2.45) is 0 Å². The Bertz CT molecular complexity index is 4840. The van der Waals surface area contributed by atoms with Crippen molar-refractivity contribution in [3.05, 3.63) is 252 Å². The molecule has 0 N–H and O–H groups in total. The molecule has 0 unspecified atom stereocenters. The summed E-state index contributed by atoms with van der Waals surface area (Å²) in [5, 5.41) is 7.54. The highest BCUT2D eigenvalue weighted by Crippen LogP contribution is 2.62. The molecule has 0 atom stereocenters. The lowest BCUT2D eigenvalue weighted by atomic mass is 9.67. The molecule has 1 aliphatic carbocycles. The van der Waals surface area contributed by atoms with Crippen LogP contribution in [0.2, 0.25) is 19.6 Å². The first-order valence-corrected chi connectivity index (χ1v) is 34.4. The monoisotopic (exact) mass is 1100 g/mol. The second-order valence-corrected chi connectivity index (χ2v) is 33.1. The molecule has 82 heavy (non-hydrogen) atoms. The highest BCUT2D eigenvalue weighted by molar-refractivity contribution is 8.32. The number of aryl methyl sites for hydroxylation is 2. The SMILES string of the molecule is Cc1cccc(C2(c3cccc(C)c3)c3cc(N(c4ccc(S(C)(C)C)cc4)c4ccc5c(c4)oc4ncccc45)ccc3-c3c2cc(N(c2ccc([Si](C)(C)C)cc2)c2ccc4c(c2)oc2ncccc24)c2oc4ccccc4c32)c1. The Balaban J connectivity index is 1.05. The summed E-state index contributed by atoms with van der Waals surface area (Å²) in [6.07, 6.45) is 10.6. The van der Waals surface area contributed by atoms with Crippen molar-refractivity contribution >= 4 is 123 Å². The molecule has 0 spiro atoms. The van der Waals surface area contributed by atoms with Gasteiger partial charge in [-0.2, -0.15) is 0 Å². The normalized spacial score (nSPS) is 13.4. The van der Waals surface area contributed by atoms with E-state index in [1.807, 2.05) is 12.1 Å². The summed E-state index contributed by atoms with van der Waals surface area (Å²) in [5.41, 5.74) is 18.9. The second kappa shape index (κ2) is 18.4. The van der Waals surface area contributed by atoms with E-state index in [1.165, 1.54) is 43.5 Å². The predicted molar refractivity (Wildman–Crippen MR) is 347 cm³/mol. The number of hydrogen-bond donors (Lipinski definition) is 0. The summed E-state index contributed by atoms with van der Waals surface area (Å²) in [4.78, 5) is 15.4. The van der Waals surface area contributed by atoms with Gasteiger partial charge in [0.25, 0.3) is 0 Å². The van der Waals surface area contributed by atoms with Crippen LogP contribution in [0.15, 0.2) is 237 Å². The Morgan fingerprint density at radius 2 is 0.976 bits per heavy atom. The van der Waals surface area contributed by atoms with Crippen LogP contribution in [-0.4, -0.2) is 36.8 Å². The first kappa shape index (κ1) is 49.9. The molecular formula is C73H60N4O3SSi. The van der Waals surface area contributed by atoms with Crippen LogP contribution < -0.4 is 15.0 Å². The van der Waals surface area contributed by atoms with Gasteiger partial charge in [0.05, 0.1) is 24.9 Å². The molecule has 0 saturated heterocycles. The van der Waals surface area contributed by atoms with Crippen LogP contribution in [0.25, 0.3) is 77.2 Å². The highest BCUT2D eigenvalue weighted by Gasteiger charge is 2.49. The summed E-state index contributed by atoms with van der Waals surface area (Å²) < 4.78 is 20.5. The molecule has 0 aliphatic heterocycles. The average molecular weight is 1100 g/mol. The fraction of sp³-hybridized carbons (Fsp3) is 0.123. The minimum Gasteiger partial charge on any atom is -0.454 e. The van der Waals surface area contributed by atoms with Crippen molar-refractivity contribution in [3.8, 4) is 11.1 Å². The molecule has 400 valence electrons. The minimum absolute atomic E-state index is 0.616. The summed E-state index contributed by atoms with van der Waals surface area (Å²) in [5.74, 6) is 0. The summed E-state index contributed by atoms with van der Waals surface area (Å²) >= 11 is 0. The van der Waals surface area contributed by atoms with Crippen LogP contribution in [0.3, 0.4) is 0 Å². The van der Waals surface area contributed by atoms with Gasteiger partial charge < -0.3 is 23.1 Å². The molecular weight excluding hydrogens is 1040 g/mol. The zero-order valence-electron chi connectivity index (χ0n) is 47.2. The van der Waals surface area contributed by atoms with Crippen molar-refractivity contribution < 1.29 is 13.3 Å². The number of fused-ring (bicyclic) bond motifs is 13. The molecule has 14 aromatic rings. The van der Waals surface area contributed by atoms with Gasteiger partial charge in [0.1, 0.15) is 16.7 Å². The molecule has 9 heteroatoms. The van der Waals surface area contributed by atoms with E-state index in [9.17, 15) is 0 Å². The van der Waals surface area contributed by atoms with Crippen LogP contribution in [0.4, 0.5) is 34.1 Å². The Hall–Kier alpha value is -9.15. The number of rotatable bonds is 10. The van der Waals surface area contributed by atoms with Crippen LogP contribution in [0.5, 0.6) is 0 Å². The number of nitrogens with zero attached hydrogens (tertiary/aromatic N) is 4. The van der Waals surface area contributed by atoms with Crippen LogP contribution >= 0.6 is 10.0 Å². The molecule has 1 aliphatic rings. The predicted octanol–water partition coefficient (Wildman–Crippen LogP) is 19.7. The molecule has 5 heterocycles. The number of hydrogen-bond acceptors (Lipinski definition) is 7. The van der Waals surface area contributed by atoms with Gasteiger partial charge in [0.15, 0.2) is 5.58 Å². The van der Waals surface area contributed by atoms with Gasteiger partial charge in [-0.3, -0.25) is 0 Å². The minimum atomic E-state index is -1.68. The molecule has 0 fully saturated rings. The first-order valence-electron chi connectivity index (χ1n) is 28.0. The zero-order chi connectivity index (χ0) is 55.8. The van der Waals surface area contributed by atoms with E-state index in [2.05, 4.69) is 266 Å². The molecule has 5 aromatic heterocycles. The number of para-hydroxylation sites is 1. The third-order valence-corrected chi connectivity index (χ3v) is 20.6. The molecule has 7 nitrogen and oxygen atoms in total. The van der Waals surface area contributed by atoms with Crippen LogP contribution in [0, 0.1) is 13.8 Å². The largest absolute Gasteiger partial charge is 0.454 e. The summed E-state index contributed by atoms with van der Waals surface area (Å²) in [6, 6.07) is 76.2. The van der Waals surface area contributed by atoms with Gasteiger partial charge in [-0.15, -0.1) is 0 Å². The Morgan fingerprint density at radius 3 is 1.57 bits per heavy atom. The number of aromatic nitrogens is 2. The maximum Gasteiger partial charge on any atom is 0.227 e. The summed E-state index contributed by atoms with van der Waals surface area (Å²) in [6.45, 7) is 11.6. The standard InChI is InChI=1S/C73H60N4O3SSi/c1-45-15-11-17-47(39-45)73(48-18-12-16-46(2)40-48)62-41-51(76(49-23-30-54(31-24-49)81(3,4)5)52-27-34-56-58-20-13-37-74-71(58)79-66(56)42-52)29-36-60(62)68-63(73)44-64(70-69(68)61-19-9-10-22-65(61)78-70)77(50-25-32-55(33-26-50)82(6,7)8)53-28-35-57-59-21-14-38-75-72(59)80-67(57)43-53/h9-44H,1-8H3. The smallest absolute Gasteiger partial charge is 0.227 e. The molecule has 0 radical (unpaired) electrons. The lowest BCUT2D eigenvalue weighted by Crippen LogP contribution is -2.37. The Morgan fingerprint density at radius 1 is 0.439 bits per heavy atom. The van der Waals surface area contributed by atoms with Crippen molar-refractivity contribution in [3.63, 3.8) is 0 Å². The maximum atomic E-state index is 7.36. The summed E-state index contributed by atoms with van der Waals surface area (Å²) in [7, 11) is -2.68. The number of anilines is 6. The van der Waals surface area contributed by atoms with E-state index in [0.717, 1.165) is 99.9 Å². The fourth-order valence-electron chi connectivity index (χ4n) is 13.0. The second-order valence-electron chi connectivity index (χ2n) is 23.9. The zero-order valence-corrected chi connectivity index (χ0v) is 49.0. The van der Waals surface area contributed by atoms with E-state index in [-0.39, 0.29) is 0 Å². The van der Waals surface area contributed by atoms with E-state index in [0.29, 0.717) is 11.4 Å². The molecule has 0 amide bonds. The Labute approximate surface area is 479 Å². The molecule has 0 bridgehead atoms. The molecule has 9 aromatic carbocycles. The van der Waals surface area contributed by atoms with E-state index in [1.54, 1.807) is 12.4 Å². The van der Waals surface area contributed by atoms with Crippen molar-refractivity contribution in [2.45, 2.75) is 43.8 Å².